The summed E-state index contributed by atoms with van der Waals surface area (Å²) in [6, 6.07) is 18.9. The van der Waals surface area contributed by atoms with E-state index in [0.29, 0.717) is 54.7 Å². The molecule has 3 N–H and O–H groups in total. The van der Waals surface area contributed by atoms with Crippen LogP contribution in [0, 0.1) is 0 Å². The summed E-state index contributed by atoms with van der Waals surface area (Å²) in [5, 5.41) is 2.81. The molecular formula is C33H36ClN5O7S. The van der Waals surface area contributed by atoms with Gasteiger partial charge < -0.3 is 25.4 Å². The monoisotopic (exact) mass is 681 g/mol. The molecule has 14 heteroatoms. The molecule has 3 aromatic rings. The van der Waals surface area contributed by atoms with Crippen molar-refractivity contribution in [3.63, 3.8) is 0 Å². The first-order chi connectivity index (χ1) is 22.7. The van der Waals surface area contributed by atoms with Crippen LogP contribution in [0.5, 0.6) is 0 Å². The Kier molecular flexibility index (Phi) is 11.6. The largest absolute Gasteiger partial charge is 0.442 e. The number of amides is 5. The molecule has 12 nitrogen and oxygen atoms in total. The maximum atomic E-state index is 13.4. The van der Waals surface area contributed by atoms with Crippen LogP contribution >= 0.6 is 22.9 Å². The molecule has 0 spiro atoms. The van der Waals surface area contributed by atoms with Gasteiger partial charge >= 0.3 is 6.09 Å². The predicted molar refractivity (Wildman–Crippen MR) is 178 cm³/mol. The molecule has 0 unspecified atom stereocenters. The fourth-order valence-electron chi connectivity index (χ4n) is 5.33. The van der Waals surface area contributed by atoms with Gasteiger partial charge in [-0.2, -0.15) is 0 Å². The lowest BCUT2D eigenvalue weighted by Crippen LogP contribution is -2.43. The van der Waals surface area contributed by atoms with Gasteiger partial charge in [-0.25, -0.2) is 4.79 Å². The quantitative estimate of drug-likeness (QED) is 0.260. The molecule has 5 amide bonds. The Bertz CT molecular complexity index is 1590. The van der Waals surface area contributed by atoms with E-state index in [0.717, 1.165) is 21.8 Å². The van der Waals surface area contributed by atoms with E-state index in [9.17, 15) is 24.0 Å². The van der Waals surface area contributed by atoms with Crippen LogP contribution in [0.4, 0.5) is 16.2 Å². The molecule has 3 heterocycles. The van der Waals surface area contributed by atoms with Crippen LogP contribution in [-0.4, -0.2) is 86.2 Å². The van der Waals surface area contributed by atoms with Crippen molar-refractivity contribution < 1.29 is 33.4 Å². The maximum Gasteiger partial charge on any atom is 0.414 e. The number of nitrogens with zero attached hydrogens (tertiary/aromatic N) is 3. The first-order valence-electron chi connectivity index (χ1n) is 15.3. The summed E-state index contributed by atoms with van der Waals surface area (Å²) in [5.41, 5.74) is 8.26. The molecule has 2 atom stereocenters. The average Bonchev–Trinajstić information content (AvgIpc) is 3.68. The zero-order valence-corrected chi connectivity index (χ0v) is 27.2. The summed E-state index contributed by atoms with van der Waals surface area (Å²) < 4.78 is 11.2. The molecule has 1 aromatic heterocycles. The number of halogens is 1. The number of hydrogen-bond acceptors (Lipinski definition) is 9. The number of anilines is 2. The van der Waals surface area contributed by atoms with Gasteiger partial charge in [-0.1, -0.05) is 41.9 Å². The van der Waals surface area contributed by atoms with Crippen molar-refractivity contribution in [1.82, 2.24) is 10.2 Å². The van der Waals surface area contributed by atoms with Gasteiger partial charge in [0.1, 0.15) is 12.7 Å². The van der Waals surface area contributed by atoms with Crippen LogP contribution in [0.15, 0.2) is 66.7 Å². The van der Waals surface area contributed by atoms with Crippen molar-refractivity contribution in [2.24, 2.45) is 5.73 Å². The highest BCUT2D eigenvalue weighted by molar-refractivity contribution is 7.18. The highest BCUT2D eigenvalue weighted by Crippen LogP contribution is 2.27. The van der Waals surface area contributed by atoms with Crippen LogP contribution < -0.4 is 20.9 Å². The summed E-state index contributed by atoms with van der Waals surface area (Å²) in [7, 11) is 0. The van der Waals surface area contributed by atoms with Gasteiger partial charge in [0.05, 0.1) is 35.0 Å². The second-order valence-corrected chi connectivity index (χ2v) is 12.9. The molecule has 2 aliphatic heterocycles. The molecule has 248 valence electrons. The van der Waals surface area contributed by atoms with E-state index in [1.54, 1.807) is 41.3 Å². The molecule has 2 saturated heterocycles. The van der Waals surface area contributed by atoms with Crippen LogP contribution in [0.2, 0.25) is 4.34 Å². The summed E-state index contributed by atoms with van der Waals surface area (Å²) in [6.07, 6.45) is 0.00100. The van der Waals surface area contributed by atoms with E-state index in [-0.39, 0.29) is 42.8 Å². The number of morpholine rings is 1. The minimum atomic E-state index is -0.767. The molecule has 47 heavy (non-hydrogen) atoms. The second kappa shape index (κ2) is 16.0. The molecule has 0 radical (unpaired) electrons. The number of imide groups is 1. The lowest BCUT2D eigenvalue weighted by atomic mass is 10.1. The lowest BCUT2D eigenvalue weighted by molar-refractivity contribution is -0.129. The highest BCUT2D eigenvalue weighted by Gasteiger charge is 2.36. The predicted octanol–water partition coefficient (Wildman–Crippen LogP) is 3.62. The van der Waals surface area contributed by atoms with Gasteiger partial charge in [0.25, 0.3) is 11.8 Å². The molecule has 0 saturated carbocycles. The lowest BCUT2D eigenvalue weighted by Gasteiger charge is -2.27. The van der Waals surface area contributed by atoms with Crippen LogP contribution in [0.25, 0.3) is 0 Å². The van der Waals surface area contributed by atoms with Crippen LogP contribution in [0.3, 0.4) is 0 Å². The van der Waals surface area contributed by atoms with E-state index in [2.05, 4.69) is 5.32 Å². The third kappa shape index (κ3) is 8.95. The third-order valence-corrected chi connectivity index (χ3v) is 9.02. The standard InChI is InChI=1S/C33H36ClN5O7S/c34-28-14-13-27(47-28)32(43)39(29(40)8-4-5-15-36-31(42)26(35)18-22-6-2-1-3-7-22)20-25-19-38(33(44)46-25)24-11-9-23(10-12-24)37-16-17-45-21-30(37)41/h1-3,6-7,9-14,25-26H,4-5,8,15-21,35H2,(H,36,42)/t25-,26+/m1/s1. The summed E-state index contributed by atoms with van der Waals surface area (Å²) in [4.78, 5) is 68.7. The first kappa shape index (κ1) is 34.0. The normalized spacial score (nSPS) is 16.9. The minimum absolute atomic E-state index is 0.0218. The number of carbonyl (C=O) groups excluding carboxylic acids is 5. The summed E-state index contributed by atoms with van der Waals surface area (Å²) in [6.45, 7) is 1.22. The number of carbonyl (C=O) groups is 5. The zero-order valence-electron chi connectivity index (χ0n) is 25.6. The van der Waals surface area contributed by atoms with E-state index in [1.165, 1.54) is 4.90 Å². The number of benzene rings is 2. The van der Waals surface area contributed by atoms with Crippen LogP contribution in [0.1, 0.15) is 34.5 Å². The van der Waals surface area contributed by atoms with E-state index >= 15 is 0 Å². The van der Waals surface area contributed by atoms with Gasteiger partial charge in [0, 0.05) is 30.9 Å². The molecule has 0 aliphatic carbocycles. The van der Waals surface area contributed by atoms with Crippen molar-refractivity contribution in [3.05, 3.63) is 81.5 Å². The fraction of sp³-hybridized carbons (Fsp3) is 0.364. The number of thiophene rings is 1. The molecule has 5 rings (SSSR count). The number of rotatable bonds is 13. The van der Waals surface area contributed by atoms with Gasteiger partial charge in [-0.3, -0.25) is 29.0 Å². The average molecular weight is 682 g/mol. The van der Waals surface area contributed by atoms with Gasteiger partial charge in [-0.05, 0) is 61.2 Å². The van der Waals surface area contributed by atoms with Crippen molar-refractivity contribution in [1.29, 1.82) is 0 Å². The molecular weight excluding hydrogens is 646 g/mol. The third-order valence-electron chi connectivity index (χ3n) is 7.80. The van der Waals surface area contributed by atoms with E-state index < -0.39 is 30.1 Å². The van der Waals surface area contributed by atoms with Gasteiger partial charge in [0.15, 0.2) is 0 Å². The summed E-state index contributed by atoms with van der Waals surface area (Å²) in [5.74, 6) is -1.37. The Balaban J connectivity index is 1.15. The Hall–Kier alpha value is -4.30. The topological polar surface area (TPSA) is 152 Å². The van der Waals surface area contributed by atoms with Crippen molar-refractivity contribution in [3.8, 4) is 0 Å². The zero-order chi connectivity index (χ0) is 33.3. The number of unbranched alkanes of at least 4 members (excludes halogenated alkanes) is 1. The molecule has 2 aliphatic rings. The maximum absolute atomic E-state index is 13.4. The van der Waals surface area contributed by atoms with Crippen molar-refractivity contribution >= 4 is 64.0 Å². The molecule has 0 bridgehead atoms. The SMILES string of the molecule is N[C@@H](Cc1ccccc1)C(=O)NCCCCC(=O)N(C[C@H]1CN(c2ccc(N3CCOCC3=O)cc2)C(=O)O1)C(=O)c1ccc(Cl)s1. The van der Waals surface area contributed by atoms with Crippen LogP contribution in [-0.2, 0) is 30.3 Å². The number of cyclic esters (lactones) is 1. The number of ether oxygens (including phenoxy) is 2. The number of nitrogens with two attached hydrogens (primary N) is 1. The Morgan fingerprint density at radius 2 is 1.72 bits per heavy atom. The Labute approximate surface area is 281 Å². The van der Waals surface area contributed by atoms with Gasteiger partial charge in [0.2, 0.25) is 11.8 Å². The smallest absolute Gasteiger partial charge is 0.414 e. The van der Waals surface area contributed by atoms with Crippen molar-refractivity contribution in [2.45, 2.75) is 37.8 Å². The second-order valence-electron chi connectivity index (χ2n) is 11.2. The number of hydrogen-bond donors (Lipinski definition) is 2. The summed E-state index contributed by atoms with van der Waals surface area (Å²) >= 11 is 7.12. The van der Waals surface area contributed by atoms with Crippen molar-refractivity contribution in [2.75, 3.05) is 49.2 Å². The van der Waals surface area contributed by atoms with E-state index in [4.69, 9.17) is 26.8 Å². The Morgan fingerprint density at radius 3 is 2.40 bits per heavy atom. The minimum Gasteiger partial charge on any atom is -0.442 e. The Morgan fingerprint density at radius 1 is 1.00 bits per heavy atom. The fourth-order valence-corrected chi connectivity index (χ4v) is 6.33. The van der Waals surface area contributed by atoms with E-state index in [1.807, 2.05) is 30.3 Å². The number of nitrogens with one attached hydrogen (secondary N) is 1. The highest BCUT2D eigenvalue weighted by atomic mass is 35.5. The van der Waals surface area contributed by atoms with Gasteiger partial charge in [-0.15, -0.1) is 11.3 Å². The first-order valence-corrected chi connectivity index (χ1v) is 16.5. The molecule has 2 aromatic carbocycles. The molecule has 2 fully saturated rings.